The second-order valence-corrected chi connectivity index (χ2v) is 11.8. The number of sulfonamides is 1. The fourth-order valence-electron chi connectivity index (χ4n) is 4.73. The van der Waals surface area contributed by atoms with Crippen LogP contribution in [0.15, 0.2) is 83.8 Å². The average molecular weight is 552 g/mol. The molecule has 1 N–H and O–H groups in total. The Labute approximate surface area is 229 Å². The van der Waals surface area contributed by atoms with Crippen LogP contribution in [-0.4, -0.2) is 43.8 Å². The largest absolute Gasteiger partial charge is 0.352 e. The van der Waals surface area contributed by atoms with Crippen LogP contribution in [0.4, 0.5) is 10.1 Å². The van der Waals surface area contributed by atoms with Gasteiger partial charge >= 0.3 is 0 Å². The summed E-state index contributed by atoms with van der Waals surface area (Å²) in [4.78, 5) is 28.4. The first-order chi connectivity index (χ1) is 18.6. The third kappa shape index (κ3) is 7.03. The highest BCUT2D eigenvalue weighted by molar-refractivity contribution is 7.92. The van der Waals surface area contributed by atoms with Crippen molar-refractivity contribution in [3.63, 3.8) is 0 Å². The van der Waals surface area contributed by atoms with Crippen LogP contribution in [0.3, 0.4) is 0 Å². The van der Waals surface area contributed by atoms with E-state index in [1.807, 2.05) is 37.3 Å². The van der Waals surface area contributed by atoms with Crippen molar-refractivity contribution in [3.05, 3.63) is 95.8 Å². The van der Waals surface area contributed by atoms with Crippen LogP contribution in [0.5, 0.6) is 0 Å². The normalized spacial score (nSPS) is 14.5. The third-order valence-electron chi connectivity index (χ3n) is 7.07. The Kier molecular flexibility index (Phi) is 9.01. The van der Waals surface area contributed by atoms with Crippen LogP contribution in [0, 0.1) is 12.7 Å². The van der Waals surface area contributed by atoms with Gasteiger partial charge in [-0.05, 0) is 68.7 Å². The minimum absolute atomic E-state index is 0.0801. The van der Waals surface area contributed by atoms with Crippen molar-refractivity contribution >= 4 is 27.5 Å². The van der Waals surface area contributed by atoms with Crippen LogP contribution >= 0.6 is 0 Å². The fraction of sp³-hybridized carbons (Fsp3) is 0.333. The number of hydrogen-bond donors (Lipinski definition) is 1. The van der Waals surface area contributed by atoms with E-state index < -0.39 is 34.3 Å². The van der Waals surface area contributed by atoms with E-state index in [1.54, 1.807) is 31.2 Å². The van der Waals surface area contributed by atoms with Gasteiger partial charge in [-0.15, -0.1) is 0 Å². The summed E-state index contributed by atoms with van der Waals surface area (Å²) in [6.07, 6.45) is 3.92. The Bertz CT molecular complexity index is 1370. The van der Waals surface area contributed by atoms with Crippen molar-refractivity contribution in [1.82, 2.24) is 10.2 Å². The molecule has 0 spiro atoms. The minimum atomic E-state index is -4.23. The van der Waals surface area contributed by atoms with Gasteiger partial charge in [0.15, 0.2) is 0 Å². The fourth-order valence-corrected chi connectivity index (χ4v) is 6.14. The molecule has 39 heavy (non-hydrogen) atoms. The van der Waals surface area contributed by atoms with Gasteiger partial charge in [-0.3, -0.25) is 13.9 Å². The van der Waals surface area contributed by atoms with Gasteiger partial charge in [-0.2, -0.15) is 0 Å². The number of halogens is 1. The summed E-state index contributed by atoms with van der Waals surface area (Å²) < 4.78 is 42.1. The molecule has 2 amide bonds. The molecule has 1 atom stereocenters. The molecule has 0 bridgehead atoms. The van der Waals surface area contributed by atoms with Crippen LogP contribution < -0.4 is 9.62 Å². The monoisotopic (exact) mass is 551 g/mol. The van der Waals surface area contributed by atoms with Gasteiger partial charge in [0.2, 0.25) is 11.8 Å². The second kappa shape index (κ2) is 12.4. The van der Waals surface area contributed by atoms with Crippen molar-refractivity contribution in [3.8, 4) is 0 Å². The zero-order valence-electron chi connectivity index (χ0n) is 22.2. The molecule has 0 heterocycles. The number of hydrogen-bond acceptors (Lipinski definition) is 4. The van der Waals surface area contributed by atoms with Crippen molar-refractivity contribution in [2.24, 2.45) is 0 Å². The zero-order chi connectivity index (χ0) is 28.0. The summed E-state index contributed by atoms with van der Waals surface area (Å²) in [5, 5.41) is 3.05. The van der Waals surface area contributed by atoms with E-state index in [0.29, 0.717) is 5.69 Å². The maximum atomic E-state index is 13.9. The van der Waals surface area contributed by atoms with Crippen LogP contribution in [-0.2, 0) is 26.2 Å². The van der Waals surface area contributed by atoms with Gasteiger partial charge in [0.1, 0.15) is 18.4 Å². The Morgan fingerprint density at radius 3 is 2.18 bits per heavy atom. The summed E-state index contributed by atoms with van der Waals surface area (Å²) in [6, 6.07) is 19.8. The predicted molar refractivity (Wildman–Crippen MR) is 149 cm³/mol. The van der Waals surface area contributed by atoms with Crippen LogP contribution in [0.25, 0.3) is 0 Å². The number of rotatable bonds is 10. The molecule has 206 valence electrons. The van der Waals surface area contributed by atoms with Gasteiger partial charge in [-0.1, -0.05) is 60.9 Å². The Balaban J connectivity index is 1.66. The van der Waals surface area contributed by atoms with Crippen molar-refractivity contribution in [2.45, 2.75) is 63.1 Å². The molecule has 1 saturated carbocycles. The molecular weight excluding hydrogens is 517 g/mol. The van der Waals surface area contributed by atoms with Crippen LogP contribution in [0.1, 0.15) is 43.7 Å². The standard InChI is InChI=1S/C30H34FN3O4S/c1-22-12-16-27(17-13-22)34(39(37,38)28-18-14-25(31)15-19-28)21-29(35)33(20-24-8-4-3-5-9-24)23(2)30(36)32-26-10-6-7-11-26/h3-5,8-9,12-19,23,26H,6-7,10-11,20-21H2,1-2H3,(H,32,36). The van der Waals surface area contributed by atoms with E-state index in [2.05, 4.69) is 5.32 Å². The molecule has 9 heteroatoms. The van der Waals surface area contributed by atoms with Crippen molar-refractivity contribution < 1.29 is 22.4 Å². The Hall–Kier alpha value is -3.72. The van der Waals surface area contributed by atoms with E-state index in [4.69, 9.17) is 0 Å². The summed E-state index contributed by atoms with van der Waals surface area (Å²) in [5.74, 6) is -1.36. The molecule has 3 aromatic rings. The number of anilines is 1. The number of aryl methyl sites for hydroxylation is 1. The van der Waals surface area contributed by atoms with E-state index in [9.17, 15) is 22.4 Å². The number of nitrogens with zero attached hydrogens (tertiary/aromatic N) is 2. The lowest BCUT2D eigenvalue weighted by atomic mass is 10.1. The quantitative estimate of drug-likeness (QED) is 0.392. The molecule has 4 rings (SSSR count). The summed E-state index contributed by atoms with van der Waals surface area (Å²) >= 11 is 0. The molecule has 1 fully saturated rings. The predicted octanol–water partition coefficient (Wildman–Crippen LogP) is 4.81. The molecule has 1 unspecified atom stereocenters. The van der Waals surface area contributed by atoms with Gasteiger partial charge in [-0.25, -0.2) is 12.8 Å². The van der Waals surface area contributed by atoms with E-state index in [-0.39, 0.29) is 23.4 Å². The van der Waals surface area contributed by atoms with Gasteiger partial charge in [0.05, 0.1) is 10.6 Å². The molecule has 1 aliphatic rings. The lowest BCUT2D eigenvalue weighted by Gasteiger charge is -2.32. The summed E-state index contributed by atoms with van der Waals surface area (Å²) in [7, 11) is -4.23. The van der Waals surface area contributed by atoms with Crippen molar-refractivity contribution in [1.29, 1.82) is 0 Å². The van der Waals surface area contributed by atoms with Crippen molar-refractivity contribution in [2.75, 3.05) is 10.8 Å². The molecule has 1 aliphatic carbocycles. The SMILES string of the molecule is Cc1ccc(N(CC(=O)N(Cc2ccccc2)C(C)C(=O)NC2CCCC2)S(=O)(=O)c2ccc(F)cc2)cc1. The summed E-state index contributed by atoms with van der Waals surface area (Å²) in [5.41, 5.74) is 2.03. The van der Waals surface area contributed by atoms with Gasteiger partial charge in [0, 0.05) is 12.6 Å². The highest BCUT2D eigenvalue weighted by Gasteiger charge is 2.33. The molecule has 0 aliphatic heterocycles. The lowest BCUT2D eigenvalue weighted by molar-refractivity contribution is -0.139. The maximum absolute atomic E-state index is 13.9. The minimum Gasteiger partial charge on any atom is -0.352 e. The van der Waals surface area contributed by atoms with Gasteiger partial charge < -0.3 is 10.2 Å². The second-order valence-electron chi connectivity index (χ2n) is 9.97. The van der Waals surface area contributed by atoms with Gasteiger partial charge in [0.25, 0.3) is 10.0 Å². The first-order valence-electron chi connectivity index (χ1n) is 13.1. The first kappa shape index (κ1) is 28.3. The zero-order valence-corrected chi connectivity index (χ0v) is 23.0. The molecule has 0 saturated heterocycles. The average Bonchev–Trinajstić information content (AvgIpc) is 3.44. The Morgan fingerprint density at radius 1 is 0.949 bits per heavy atom. The Morgan fingerprint density at radius 2 is 1.56 bits per heavy atom. The number of carbonyl (C=O) groups is 2. The number of nitrogens with one attached hydrogen (secondary N) is 1. The van der Waals surface area contributed by atoms with E-state index in [0.717, 1.165) is 53.2 Å². The number of carbonyl (C=O) groups excluding carboxylic acids is 2. The lowest BCUT2D eigenvalue weighted by Crippen LogP contribution is -2.52. The van der Waals surface area contributed by atoms with E-state index >= 15 is 0 Å². The molecule has 0 radical (unpaired) electrons. The molecule has 3 aromatic carbocycles. The maximum Gasteiger partial charge on any atom is 0.264 e. The smallest absolute Gasteiger partial charge is 0.264 e. The highest BCUT2D eigenvalue weighted by Crippen LogP contribution is 2.25. The summed E-state index contributed by atoms with van der Waals surface area (Å²) in [6.45, 7) is 3.14. The highest BCUT2D eigenvalue weighted by atomic mass is 32.2. The third-order valence-corrected chi connectivity index (χ3v) is 8.86. The first-order valence-corrected chi connectivity index (χ1v) is 14.6. The molecule has 7 nitrogen and oxygen atoms in total. The topological polar surface area (TPSA) is 86.8 Å². The van der Waals surface area contributed by atoms with E-state index in [1.165, 1.54) is 17.0 Å². The van der Waals surface area contributed by atoms with Crippen LogP contribution in [0.2, 0.25) is 0 Å². The number of benzene rings is 3. The number of amides is 2. The molecular formula is C30H34FN3O4S. The molecule has 0 aromatic heterocycles.